The molecular formula is C4H5IO. The standard InChI is InChI=1S/C4H5IO/c5-3-1-4(6)2-3/h3H,1-2H2. The van der Waals surface area contributed by atoms with E-state index >= 15 is 0 Å². The number of carbonyl (C=O) groups excluding carboxylic acids is 1. The van der Waals surface area contributed by atoms with Crippen molar-refractivity contribution in [2.24, 2.45) is 0 Å². The van der Waals surface area contributed by atoms with Crippen LogP contribution in [0.4, 0.5) is 0 Å². The zero-order valence-corrected chi connectivity index (χ0v) is 5.44. The molecule has 34 valence electrons. The summed E-state index contributed by atoms with van der Waals surface area (Å²) in [5, 5.41) is 0. The van der Waals surface area contributed by atoms with E-state index in [9.17, 15) is 4.79 Å². The van der Waals surface area contributed by atoms with Crippen LogP contribution in [0.2, 0.25) is 0 Å². The van der Waals surface area contributed by atoms with E-state index in [1.165, 1.54) is 0 Å². The van der Waals surface area contributed by atoms with Crippen LogP contribution in [-0.4, -0.2) is 9.71 Å². The second kappa shape index (κ2) is 1.48. The minimum atomic E-state index is 0.425. The molecule has 0 radical (unpaired) electrons. The molecule has 0 unspecified atom stereocenters. The molecule has 2 heteroatoms. The summed E-state index contributed by atoms with van der Waals surface area (Å²) in [5.74, 6) is 0.425. The highest BCUT2D eigenvalue weighted by atomic mass is 127. The molecule has 0 aliphatic heterocycles. The largest absolute Gasteiger partial charge is 0.300 e. The molecule has 1 nitrogen and oxygen atoms in total. The van der Waals surface area contributed by atoms with Gasteiger partial charge in [-0.15, -0.1) is 0 Å². The fourth-order valence-electron chi connectivity index (χ4n) is 0.434. The van der Waals surface area contributed by atoms with Crippen molar-refractivity contribution >= 4 is 28.4 Å². The summed E-state index contributed by atoms with van der Waals surface area (Å²) in [6.45, 7) is 0. The lowest BCUT2D eigenvalue weighted by Gasteiger charge is -2.15. The van der Waals surface area contributed by atoms with Gasteiger partial charge in [-0.1, -0.05) is 22.6 Å². The molecule has 0 atom stereocenters. The lowest BCUT2D eigenvalue weighted by atomic mass is 9.99. The SMILES string of the molecule is O=C1CC(I)C1. The summed E-state index contributed by atoms with van der Waals surface area (Å²) in [6, 6.07) is 0. The van der Waals surface area contributed by atoms with Gasteiger partial charge >= 0.3 is 0 Å². The van der Waals surface area contributed by atoms with Gasteiger partial charge in [0.2, 0.25) is 0 Å². The maximum Gasteiger partial charge on any atom is 0.135 e. The molecule has 0 aromatic carbocycles. The Hall–Kier alpha value is 0.400. The topological polar surface area (TPSA) is 17.1 Å². The summed E-state index contributed by atoms with van der Waals surface area (Å²) in [5.41, 5.74) is 0. The first-order valence-corrected chi connectivity index (χ1v) is 3.19. The van der Waals surface area contributed by atoms with Crippen molar-refractivity contribution in [1.82, 2.24) is 0 Å². The van der Waals surface area contributed by atoms with E-state index in [1.807, 2.05) is 0 Å². The smallest absolute Gasteiger partial charge is 0.135 e. The van der Waals surface area contributed by atoms with Crippen LogP contribution in [-0.2, 0) is 4.79 Å². The van der Waals surface area contributed by atoms with Crippen molar-refractivity contribution in [2.45, 2.75) is 16.8 Å². The highest BCUT2D eigenvalue weighted by Crippen LogP contribution is 2.22. The van der Waals surface area contributed by atoms with E-state index in [0.717, 1.165) is 12.8 Å². The van der Waals surface area contributed by atoms with E-state index in [4.69, 9.17) is 0 Å². The average molecular weight is 196 g/mol. The van der Waals surface area contributed by atoms with Gasteiger partial charge in [0.25, 0.3) is 0 Å². The molecule has 1 aliphatic rings. The molecule has 0 aromatic rings. The van der Waals surface area contributed by atoms with Gasteiger partial charge in [0.05, 0.1) is 0 Å². The van der Waals surface area contributed by atoms with Crippen LogP contribution in [0.3, 0.4) is 0 Å². The molecule has 0 amide bonds. The van der Waals surface area contributed by atoms with Crippen LogP contribution in [0, 0.1) is 0 Å². The van der Waals surface area contributed by atoms with Crippen molar-refractivity contribution in [2.75, 3.05) is 0 Å². The van der Waals surface area contributed by atoms with Gasteiger partial charge < -0.3 is 0 Å². The summed E-state index contributed by atoms with van der Waals surface area (Å²) in [6.07, 6.45) is 1.64. The first kappa shape index (κ1) is 4.56. The second-order valence-corrected chi connectivity index (χ2v) is 3.31. The number of hydrogen-bond donors (Lipinski definition) is 0. The molecule has 1 rings (SSSR count). The minimum Gasteiger partial charge on any atom is -0.300 e. The first-order chi connectivity index (χ1) is 2.79. The monoisotopic (exact) mass is 196 g/mol. The van der Waals surface area contributed by atoms with E-state index < -0.39 is 0 Å². The van der Waals surface area contributed by atoms with E-state index in [2.05, 4.69) is 22.6 Å². The summed E-state index contributed by atoms with van der Waals surface area (Å²) < 4.78 is 0.662. The van der Waals surface area contributed by atoms with Crippen molar-refractivity contribution in [3.63, 3.8) is 0 Å². The first-order valence-electron chi connectivity index (χ1n) is 1.95. The highest BCUT2D eigenvalue weighted by Gasteiger charge is 2.22. The summed E-state index contributed by atoms with van der Waals surface area (Å²) >= 11 is 2.29. The van der Waals surface area contributed by atoms with Gasteiger partial charge in [0.15, 0.2) is 0 Å². The Labute approximate surface area is 50.3 Å². The third-order valence-electron chi connectivity index (χ3n) is 0.898. The van der Waals surface area contributed by atoms with Gasteiger partial charge in [0, 0.05) is 16.8 Å². The maximum absolute atomic E-state index is 10.1. The quantitative estimate of drug-likeness (QED) is 0.419. The Bertz CT molecular complexity index is 71.6. The summed E-state index contributed by atoms with van der Waals surface area (Å²) in [4.78, 5) is 10.1. The van der Waals surface area contributed by atoms with Crippen molar-refractivity contribution in [3.05, 3.63) is 0 Å². The lowest BCUT2D eigenvalue weighted by Crippen LogP contribution is -2.22. The normalized spacial score (nSPS) is 23.8. The fraction of sp³-hybridized carbons (Fsp3) is 0.750. The van der Waals surface area contributed by atoms with E-state index in [1.54, 1.807) is 0 Å². The number of carbonyl (C=O) groups is 1. The van der Waals surface area contributed by atoms with Gasteiger partial charge in [-0.3, -0.25) is 4.79 Å². The summed E-state index contributed by atoms with van der Waals surface area (Å²) in [7, 11) is 0. The zero-order chi connectivity index (χ0) is 4.57. The number of alkyl halides is 1. The molecule has 6 heavy (non-hydrogen) atoms. The Kier molecular flexibility index (Phi) is 1.13. The minimum absolute atomic E-state index is 0.425. The second-order valence-electron chi connectivity index (χ2n) is 1.54. The number of halogens is 1. The van der Waals surface area contributed by atoms with Crippen LogP contribution in [0.5, 0.6) is 0 Å². The van der Waals surface area contributed by atoms with Crippen molar-refractivity contribution in [1.29, 1.82) is 0 Å². The van der Waals surface area contributed by atoms with Crippen LogP contribution in [0.15, 0.2) is 0 Å². The molecule has 0 aromatic heterocycles. The van der Waals surface area contributed by atoms with Crippen molar-refractivity contribution in [3.8, 4) is 0 Å². The Morgan fingerprint density at radius 1 is 1.67 bits per heavy atom. The number of hydrogen-bond acceptors (Lipinski definition) is 1. The van der Waals surface area contributed by atoms with Gasteiger partial charge in [-0.05, 0) is 0 Å². The predicted molar refractivity (Wildman–Crippen MR) is 32.0 cm³/mol. The number of Topliss-reactive ketones (excluding diaryl/α,β-unsaturated/α-hetero) is 1. The molecule has 0 N–H and O–H groups in total. The number of ketones is 1. The van der Waals surface area contributed by atoms with Gasteiger partial charge in [-0.25, -0.2) is 0 Å². The Morgan fingerprint density at radius 3 is 2.17 bits per heavy atom. The molecule has 0 spiro atoms. The highest BCUT2D eigenvalue weighted by molar-refractivity contribution is 14.1. The van der Waals surface area contributed by atoms with E-state index in [0.29, 0.717) is 9.71 Å². The van der Waals surface area contributed by atoms with Crippen LogP contribution in [0.1, 0.15) is 12.8 Å². The van der Waals surface area contributed by atoms with Crippen molar-refractivity contribution < 1.29 is 4.79 Å². The Balaban J connectivity index is 2.28. The molecule has 0 bridgehead atoms. The lowest BCUT2D eigenvalue weighted by molar-refractivity contribution is -0.122. The predicted octanol–water partition coefficient (Wildman–Crippen LogP) is 1.15. The average Bonchev–Trinajstić information content (AvgIpc) is 1.33. The fourth-order valence-corrected chi connectivity index (χ4v) is 1.42. The van der Waals surface area contributed by atoms with Crippen LogP contribution in [0.25, 0.3) is 0 Å². The zero-order valence-electron chi connectivity index (χ0n) is 3.28. The maximum atomic E-state index is 10.1. The Morgan fingerprint density at radius 2 is 2.17 bits per heavy atom. The molecule has 1 aliphatic carbocycles. The molecule has 1 saturated carbocycles. The third kappa shape index (κ3) is 0.721. The van der Waals surface area contributed by atoms with E-state index in [-0.39, 0.29) is 0 Å². The molecule has 1 fully saturated rings. The molecule has 0 heterocycles. The number of rotatable bonds is 0. The third-order valence-corrected chi connectivity index (χ3v) is 1.78. The molecular weight excluding hydrogens is 191 g/mol. The van der Waals surface area contributed by atoms with Crippen LogP contribution >= 0.6 is 22.6 Å². The van der Waals surface area contributed by atoms with Gasteiger partial charge in [-0.2, -0.15) is 0 Å². The molecule has 0 saturated heterocycles. The van der Waals surface area contributed by atoms with Crippen LogP contribution < -0.4 is 0 Å². The van der Waals surface area contributed by atoms with Gasteiger partial charge in [0.1, 0.15) is 5.78 Å².